The fourth-order valence-electron chi connectivity index (χ4n) is 4.05. The summed E-state index contributed by atoms with van der Waals surface area (Å²) >= 11 is 0. The topological polar surface area (TPSA) is 79.8 Å². The van der Waals surface area contributed by atoms with Gasteiger partial charge in [-0.3, -0.25) is 9.88 Å². The predicted octanol–water partition coefficient (Wildman–Crippen LogP) is 2.89. The lowest BCUT2D eigenvalue weighted by atomic mass is 10.1. The Bertz CT molecular complexity index is 1170. The van der Waals surface area contributed by atoms with Crippen molar-refractivity contribution in [3.8, 4) is 5.88 Å². The van der Waals surface area contributed by atoms with Crippen LogP contribution >= 0.6 is 0 Å². The first-order chi connectivity index (χ1) is 15.5. The maximum Gasteiger partial charge on any atom is 0.414 e. The van der Waals surface area contributed by atoms with Crippen molar-refractivity contribution in [1.29, 1.82) is 0 Å². The van der Waals surface area contributed by atoms with E-state index in [4.69, 9.17) is 9.47 Å². The molecule has 0 unspecified atom stereocenters. The van der Waals surface area contributed by atoms with Crippen LogP contribution in [0.5, 0.6) is 5.88 Å². The summed E-state index contributed by atoms with van der Waals surface area (Å²) in [5.74, 6) is 0.227. The molecule has 2 aliphatic heterocycles. The van der Waals surface area contributed by atoms with E-state index in [1.165, 1.54) is 11.0 Å². The molecule has 0 bridgehead atoms. The first-order valence-electron chi connectivity index (χ1n) is 10.5. The molecule has 0 aliphatic carbocycles. The second-order valence-corrected chi connectivity index (χ2v) is 8.11. The maximum absolute atomic E-state index is 13.9. The van der Waals surface area contributed by atoms with Crippen LogP contribution in [0.3, 0.4) is 0 Å². The molecule has 8 nitrogen and oxygen atoms in total. The fraction of sp³-hybridized carbons (Fsp3) is 0.348. The zero-order valence-corrected chi connectivity index (χ0v) is 17.9. The molecule has 1 aromatic carbocycles. The zero-order valence-electron chi connectivity index (χ0n) is 17.9. The number of benzene rings is 1. The molecular weight excluding hydrogens is 413 g/mol. The fourth-order valence-corrected chi connectivity index (χ4v) is 4.05. The molecule has 2 aromatic heterocycles. The minimum Gasteiger partial charge on any atom is -0.481 e. The highest BCUT2D eigenvalue weighted by Crippen LogP contribution is 2.29. The Morgan fingerprint density at radius 2 is 2.06 bits per heavy atom. The number of amides is 1. The van der Waals surface area contributed by atoms with Crippen LogP contribution in [0, 0.1) is 12.7 Å². The van der Waals surface area contributed by atoms with Gasteiger partial charge in [-0.05, 0) is 36.8 Å². The smallest absolute Gasteiger partial charge is 0.414 e. The van der Waals surface area contributed by atoms with E-state index < -0.39 is 6.09 Å². The molecule has 32 heavy (non-hydrogen) atoms. The molecule has 2 saturated heterocycles. The van der Waals surface area contributed by atoms with Gasteiger partial charge in [0.2, 0.25) is 5.88 Å². The van der Waals surface area contributed by atoms with Crippen molar-refractivity contribution in [2.75, 3.05) is 43.1 Å². The standard InChI is InChI=1S/C23H24FN5O3/c1-14-3-4-16(9-18(14)24)29-13-17(32-23(29)30)10-26-15-11-28(12-15)20-7-8-25-19-5-6-21(31-2)27-22(19)20/h3-9,15,17,26H,10-13H2,1-2H3/t17-/m1/s1. The van der Waals surface area contributed by atoms with Crippen LogP contribution in [0.25, 0.3) is 11.0 Å². The van der Waals surface area contributed by atoms with Gasteiger partial charge in [0, 0.05) is 37.9 Å². The molecule has 3 aromatic rings. The molecule has 5 rings (SSSR count). The number of nitrogens with zero attached hydrogens (tertiary/aromatic N) is 4. The van der Waals surface area contributed by atoms with Crippen molar-refractivity contribution in [1.82, 2.24) is 15.3 Å². The lowest BCUT2D eigenvalue weighted by molar-refractivity contribution is 0.137. The number of carbonyl (C=O) groups is 1. The summed E-state index contributed by atoms with van der Waals surface area (Å²) in [7, 11) is 1.60. The van der Waals surface area contributed by atoms with Crippen molar-refractivity contribution in [3.05, 3.63) is 54.0 Å². The SMILES string of the molecule is COc1ccc2nccc(N3CC(NC[C@@H]4CN(c5ccc(C)c(F)c5)C(=O)O4)C3)c2n1. The number of pyridine rings is 2. The average molecular weight is 437 g/mol. The van der Waals surface area contributed by atoms with Gasteiger partial charge in [-0.15, -0.1) is 0 Å². The third kappa shape index (κ3) is 3.80. The Labute approximate surface area is 185 Å². The Balaban J connectivity index is 1.17. The molecule has 4 heterocycles. The van der Waals surface area contributed by atoms with E-state index in [0.29, 0.717) is 30.2 Å². The molecule has 1 atom stereocenters. The van der Waals surface area contributed by atoms with Crippen molar-refractivity contribution in [2.24, 2.45) is 0 Å². The number of carbonyl (C=O) groups excluding carboxylic acids is 1. The number of halogens is 1. The molecule has 0 saturated carbocycles. The molecule has 9 heteroatoms. The monoisotopic (exact) mass is 437 g/mol. The molecule has 166 valence electrons. The van der Waals surface area contributed by atoms with Crippen LogP contribution in [0.1, 0.15) is 5.56 Å². The molecule has 1 N–H and O–H groups in total. The van der Waals surface area contributed by atoms with Gasteiger partial charge < -0.3 is 19.7 Å². The van der Waals surface area contributed by atoms with Gasteiger partial charge in [0.25, 0.3) is 0 Å². The van der Waals surface area contributed by atoms with E-state index in [0.717, 1.165) is 29.8 Å². The van der Waals surface area contributed by atoms with Crippen LogP contribution in [-0.2, 0) is 4.74 Å². The van der Waals surface area contributed by atoms with E-state index in [-0.39, 0.29) is 18.0 Å². The van der Waals surface area contributed by atoms with Gasteiger partial charge >= 0.3 is 6.09 Å². The normalized spacial score (nSPS) is 18.7. The summed E-state index contributed by atoms with van der Waals surface area (Å²) in [5, 5.41) is 3.46. The van der Waals surface area contributed by atoms with E-state index in [2.05, 4.69) is 20.2 Å². The van der Waals surface area contributed by atoms with Gasteiger partial charge in [0.15, 0.2) is 0 Å². The number of aromatic nitrogens is 2. The highest BCUT2D eigenvalue weighted by molar-refractivity contribution is 5.90. The number of fused-ring (bicyclic) bond motifs is 1. The maximum atomic E-state index is 13.9. The number of methoxy groups -OCH3 is 1. The molecule has 2 fully saturated rings. The highest BCUT2D eigenvalue weighted by Gasteiger charge is 2.34. The lowest BCUT2D eigenvalue weighted by Gasteiger charge is -2.41. The zero-order chi connectivity index (χ0) is 22.2. The van der Waals surface area contributed by atoms with E-state index in [1.54, 1.807) is 38.4 Å². The quantitative estimate of drug-likeness (QED) is 0.635. The highest BCUT2D eigenvalue weighted by atomic mass is 19.1. The van der Waals surface area contributed by atoms with Crippen LogP contribution < -0.4 is 19.9 Å². The summed E-state index contributed by atoms with van der Waals surface area (Å²) in [6.45, 7) is 4.25. The number of hydrogen-bond acceptors (Lipinski definition) is 7. The average Bonchev–Trinajstić information content (AvgIpc) is 3.14. The first-order valence-corrected chi connectivity index (χ1v) is 10.5. The largest absolute Gasteiger partial charge is 0.481 e. The third-order valence-corrected chi connectivity index (χ3v) is 5.94. The molecule has 2 aliphatic rings. The van der Waals surface area contributed by atoms with Crippen LogP contribution in [0.4, 0.5) is 20.6 Å². The molecule has 1 amide bonds. The Kier molecular flexibility index (Phi) is 5.26. The second-order valence-electron chi connectivity index (χ2n) is 8.11. The first kappa shape index (κ1) is 20.4. The number of ether oxygens (including phenoxy) is 2. The van der Waals surface area contributed by atoms with Gasteiger partial charge in [0.1, 0.15) is 17.4 Å². The van der Waals surface area contributed by atoms with Crippen LogP contribution in [0.2, 0.25) is 0 Å². The lowest BCUT2D eigenvalue weighted by Crippen LogP contribution is -2.59. The number of aryl methyl sites for hydroxylation is 1. The summed E-state index contributed by atoms with van der Waals surface area (Å²) in [6, 6.07) is 10.7. The number of nitrogens with one attached hydrogen (secondary N) is 1. The Morgan fingerprint density at radius 1 is 1.22 bits per heavy atom. The summed E-state index contributed by atoms with van der Waals surface area (Å²) in [4.78, 5) is 24.9. The number of hydrogen-bond donors (Lipinski definition) is 1. The van der Waals surface area contributed by atoms with Crippen LogP contribution in [0.15, 0.2) is 42.6 Å². The number of cyclic esters (lactones) is 1. The van der Waals surface area contributed by atoms with Gasteiger partial charge in [0.05, 0.1) is 30.5 Å². The minimum atomic E-state index is -0.446. The molecular formula is C23H24FN5O3. The van der Waals surface area contributed by atoms with Crippen molar-refractivity contribution in [3.63, 3.8) is 0 Å². The second kappa shape index (κ2) is 8.23. The Hall–Kier alpha value is -3.46. The van der Waals surface area contributed by atoms with Crippen LogP contribution in [-0.4, -0.2) is 61.5 Å². The van der Waals surface area contributed by atoms with Gasteiger partial charge in [-0.2, -0.15) is 0 Å². The van der Waals surface area contributed by atoms with Gasteiger partial charge in [-0.1, -0.05) is 6.07 Å². The minimum absolute atomic E-state index is 0.272. The summed E-state index contributed by atoms with van der Waals surface area (Å²) in [5.41, 5.74) is 3.72. The van der Waals surface area contributed by atoms with Gasteiger partial charge in [-0.25, -0.2) is 14.2 Å². The Morgan fingerprint density at radius 3 is 2.84 bits per heavy atom. The number of rotatable bonds is 6. The number of anilines is 2. The molecule has 0 spiro atoms. The van der Waals surface area contributed by atoms with Crippen molar-refractivity contribution < 1.29 is 18.7 Å². The predicted molar refractivity (Wildman–Crippen MR) is 119 cm³/mol. The van der Waals surface area contributed by atoms with Crippen molar-refractivity contribution >= 4 is 28.5 Å². The van der Waals surface area contributed by atoms with E-state index >= 15 is 0 Å². The third-order valence-electron chi connectivity index (χ3n) is 5.94. The summed E-state index contributed by atoms with van der Waals surface area (Å²) < 4.78 is 24.6. The van der Waals surface area contributed by atoms with E-state index in [1.807, 2.05) is 12.1 Å². The van der Waals surface area contributed by atoms with Crippen molar-refractivity contribution in [2.45, 2.75) is 19.1 Å². The molecule has 0 radical (unpaired) electrons. The van der Waals surface area contributed by atoms with E-state index in [9.17, 15) is 9.18 Å². The summed E-state index contributed by atoms with van der Waals surface area (Å²) in [6.07, 6.45) is 1.06.